The lowest BCUT2D eigenvalue weighted by molar-refractivity contribution is 0.913. The van der Waals surface area contributed by atoms with Gasteiger partial charge in [0.1, 0.15) is 0 Å². The van der Waals surface area contributed by atoms with Crippen molar-refractivity contribution in [3.05, 3.63) is 52.4 Å². The summed E-state index contributed by atoms with van der Waals surface area (Å²) in [5, 5.41) is 1.70. The number of para-hydroxylation sites is 1. The lowest BCUT2D eigenvalue weighted by Gasteiger charge is -2.10. The number of rotatable bonds is 0. The fraction of sp³-hybridized carbons (Fsp3) is 0.143. The van der Waals surface area contributed by atoms with Crippen LogP contribution in [0.1, 0.15) is 5.56 Å². The Bertz CT molecular complexity index is 787. The molecule has 0 radical (unpaired) electrons. The molecule has 0 aliphatic heterocycles. The van der Waals surface area contributed by atoms with E-state index in [1.807, 2.05) is 38.2 Å². The van der Waals surface area contributed by atoms with E-state index in [2.05, 4.69) is 4.98 Å². The number of aryl methyl sites for hydroxylation is 2. The van der Waals surface area contributed by atoms with Crippen molar-refractivity contribution in [3.8, 4) is 0 Å². The van der Waals surface area contributed by atoms with Crippen molar-refractivity contribution in [1.82, 2.24) is 9.55 Å². The van der Waals surface area contributed by atoms with Crippen LogP contribution in [0.3, 0.4) is 0 Å². The number of nitrogens with zero attached hydrogens (tertiary/aromatic N) is 2. The highest BCUT2D eigenvalue weighted by Crippen LogP contribution is 2.22. The van der Waals surface area contributed by atoms with Crippen LogP contribution in [0.2, 0.25) is 0 Å². The van der Waals surface area contributed by atoms with Gasteiger partial charge in [0.25, 0.3) is 5.56 Å². The monoisotopic (exact) mass is 224 g/mol. The van der Waals surface area contributed by atoms with Crippen LogP contribution in [0.25, 0.3) is 21.8 Å². The molecule has 3 heteroatoms. The number of fused-ring (bicyclic) bond motifs is 3. The van der Waals surface area contributed by atoms with Crippen LogP contribution in [0.4, 0.5) is 0 Å². The molecule has 2 aromatic heterocycles. The van der Waals surface area contributed by atoms with Crippen molar-refractivity contribution in [2.24, 2.45) is 7.05 Å². The lowest BCUT2D eigenvalue weighted by Crippen LogP contribution is -2.18. The minimum atomic E-state index is 0.00917. The van der Waals surface area contributed by atoms with Crippen LogP contribution < -0.4 is 5.56 Å². The van der Waals surface area contributed by atoms with E-state index in [1.54, 1.807) is 16.8 Å². The second kappa shape index (κ2) is 3.42. The minimum Gasteiger partial charge on any atom is -0.310 e. The molecule has 0 N–H and O–H groups in total. The van der Waals surface area contributed by atoms with Gasteiger partial charge in [-0.2, -0.15) is 0 Å². The van der Waals surface area contributed by atoms with Gasteiger partial charge < -0.3 is 4.57 Å². The van der Waals surface area contributed by atoms with Crippen LogP contribution in [0.5, 0.6) is 0 Å². The van der Waals surface area contributed by atoms with Crippen LogP contribution in [0, 0.1) is 6.92 Å². The summed E-state index contributed by atoms with van der Waals surface area (Å²) >= 11 is 0. The first-order valence-corrected chi connectivity index (χ1v) is 5.53. The summed E-state index contributed by atoms with van der Waals surface area (Å²) < 4.78 is 1.70. The van der Waals surface area contributed by atoms with Gasteiger partial charge in [-0.25, -0.2) is 0 Å². The zero-order valence-electron chi connectivity index (χ0n) is 9.77. The molecule has 0 saturated carbocycles. The Hall–Kier alpha value is -2.16. The normalized spacial score (nSPS) is 11.2. The number of benzene rings is 1. The number of pyridine rings is 2. The molecule has 3 aromatic rings. The summed E-state index contributed by atoms with van der Waals surface area (Å²) in [6.07, 6.45) is 1.73. The predicted octanol–water partition coefficient (Wildman–Crippen LogP) is 2.40. The van der Waals surface area contributed by atoms with Crippen LogP contribution in [0.15, 0.2) is 41.3 Å². The SMILES string of the molecule is Cc1cccc2c3ncccc3c(=O)n(C)c12. The Morgan fingerprint density at radius 2 is 1.88 bits per heavy atom. The highest BCUT2D eigenvalue weighted by molar-refractivity contribution is 6.03. The number of aromatic nitrogens is 2. The summed E-state index contributed by atoms with van der Waals surface area (Å²) in [7, 11) is 1.81. The maximum atomic E-state index is 12.2. The molecule has 0 atom stereocenters. The quantitative estimate of drug-likeness (QED) is 0.549. The Morgan fingerprint density at radius 3 is 2.71 bits per heavy atom. The smallest absolute Gasteiger partial charge is 0.260 e. The summed E-state index contributed by atoms with van der Waals surface area (Å²) in [6.45, 7) is 2.01. The number of hydrogen-bond donors (Lipinski definition) is 0. The lowest BCUT2D eigenvalue weighted by atomic mass is 10.1. The molecule has 0 aliphatic rings. The van der Waals surface area contributed by atoms with Gasteiger partial charge in [0.2, 0.25) is 0 Å². The average Bonchev–Trinajstić information content (AvgIpc) is 2.36. The molecule has 0 unspecified atom stereocenters. The topological polar surface area (TPSA) is 34.9 Å². The largest absolute Gasteiger partial charge is 0.310 e. The molecule has 2 heterocycles. The van der Waals surface area contributed by atoms with E-state index in [0.717, 1.165) is 22.0 Å². The Labute approximate surface area is 98.3 Å². The molecule has 0 bridgehead atoms. The maximum Gasteiger partial charge on any atom is 0.260 e. The van der Waals surface area contributed by atoms with Crippen molar-refractivity contribution >= 4 is 21.8 Å². The molecule has 3 rings (SSSR count). The minimum absolute atomic E-state index is 0.00917. The van der Waals surface area contributed by atoms with E-state index in [4.69, 9.17) is 0 Å². The van der Waals surface area contributed by atoms with Gasteiger partial charge in [-0.3, -0.25) is 9.78 Å². The molecule has 84 valence electrons. The van der Waals surface area contributed by atoms with Gasteiger partial charge in [-0.05, 0) is 24.6 Å². The molecule has 17 heavy (non-hydrogen) atoms. The third-order valence-electron chi connectivity index (χ3n) is 3.17. The average molecular weight is 224 g/mol. The van der Waals surface area contributed by atoms with Crippen LogP contribution in [-0.2, 0) is 7.05 Å². The second-order valence-electron chi connectivity index (χ2n) is 4.23. The fourth-order valence-corrected chi connectivity index (χ4v) is 2.37. The van der Waals surface area contributed by atoms with E-state index in [1.165, 1.54) is 0 Å². The molecule has 3 nitrogen and oxygen atoms in total. The van der Waals surface area contributed by atoms with Gasteiger partial charge in [0, 0.05) is 18.6 Å². The third-order valence-corrected chi connectivity index (χ3v) is 3.17. The molecule has 0 aliphatic carbocycles. The first kappa shape index (κ1) is 10.0. The summed E-state index contributed by atoms with van der Waals surface area (Å²) in [4.78, 5) is 16.6. The van der Waals surface area contributed by atoms with Gasteiger partial charge in [-0.15, -0.1) is 0 Å². The molecule has 0 fully saturated rings. The Kier molecular flexibility index (Phi) is 2.01. The molecular weight excluding hydrogens is 212 g/mol. The van der Waals surface area contributed by atoms with Gasteiger partial charge in [0.05, 0.1) is 16.4 Å². The van der Waals surface area contributed by atoms with Crippen LogP contribution >= 0.6 is 0 Å². The third kappa shape index (κ3) is 1.29. The van der Waals surface area contributed by atoms with Gasteiger partial charge >= 0.3 is 0 Å². The van der Waals surface area contributed by atoms with Crippen molar-refractivity contribution in [1.29, 1.82) is 0 Å². The van der Waals surface area contributed by atoms with Crippen molar-refractivity contribution < 1.29 is 0 Å². The summed E-state index contributed by atoms with van der Waals surface area (Å²) in [6, 6.07) is 9.64. The Balaban J connectivity index is 2.76. The van der Waals surface area contributed by atoms with E-state index in [9.17, 15) is 4.79 Å². The second-order valence-corrected chi connectivity index (χ2v) is 4.23. The standard InChI is InChI=1S/C14H12N2O/c1-9-5-3-6-10-12-11(7-4-8-15-12)14(17)16(2)13(9)10/h3-8H,1-2H3. The van der Waals surface area contributed by atoms with Gasteiger partial charge in [-0.1, -0.05) is 18.2 Å². The fourth-order valence-electron chi connectivity index (χ4n) is 2.37. The van der Waals surface area contributed by atoms with E-state index < -0.39 is 0 Å². The maximum absolute atomic E-state index is 12.2. The van der Waals surface area contributed by atoms with Crippen molar-refractivity contribution in [3.63, 3.8) is 0 Å². The molecule has 1 aromatic carbocycles. The van der Waals surface area contributed by atoms with E-state index >= 15 is 0 Å². The first-order valence-electron chi connectivity index (χ1n) is 5.53. The Morgan fingerprint density at radius 1 is 1.12 bits per heavy atom. The first-order chi connectivity index (χ1) is 8.20. The molecule has 0 saturated heterocycles. The van der Waals surface area contributed by atoms with E-state index in [-0.39, 0.29) is 5.56 Å². The molecule has 0 spiro atoms. The van der Waals surface area contributed by atoms with E-state index in [0.29, 0.717) is 5.39 Å². The highest BCUT2D eigenvalue weighted by Gasteiger charge is 2.09. The highest BCUT2D eigenvalue weighted by atomic mass is 16.1. The van der Waals surface area contributed by atoms with Gasteiger partial charge in [0.15, 0.2) is 0 Å². The summed E-state index contributed by atoms with van der Waals surface area (Å²) in [5.74, 6) is 0. The zero-order chi connectivity index (χ0) is 12.0. The number of hydrogen-bond acceptors (Lipinski definition) is 2. The molecule has 0 amide bonds. The van der Waals surface area contributed by atoms with Crippen molar-refractivity contribution in [2.45, 2.75) is 6.92 Å². The predicted molar refractivity (Wildman–Crippen MR) is 69.2 cm³/mol. The van der Waals surface area contributed by atoms with Crippen molar-refractivity contribution in [2.75, 3.05) is 0 Å². The summed E-state index contributed by atoms with van der Waals surface area (Å²) in [5.41, 5.74) is 2.85. The van der Waals surface area contributed by atoms with Crippen LogP contribution in [-0.4, -0.2) is 9.55 Å². The zero-order valence-corrected chi connectivity index (χ0v) is 9.77. The molecular formula is C14H12N2O.